The van der Waals surface area contributed by atoms with Gasteiger partial charge in [-0.15, -0.1) is 0 Å². The number of aromatic nitrogens is 1. The Bertz CT molecular complexity index is 268. The van der Waals surface area contributed by atoms with Gasteiger partial charge in [0.05, 0.1) is 0 Å². The van der Waals surface area contributed by atoms with E-state index in [0.717, 1.165) is 10.5 Å². The van der Waals surface area contributed by atoms with Gasteiger partial charge in [0.1, 0.15) is 4.60 Å². The molecule has 1 nitrogen and oxygen atoms in total. The van der Waals surface area contributed by atoms with Gasteiger partial charge in [0.25, 0.3) is 0 Å². The fraction of sp³-hybridized carbons (Fsp3) is 0.500. The quantitative estimate of drug-likeness (QED) is 0.721. The van der Waals surface area contributed by atoms with E-state index in [-0.39, 0.29) is 0 Å². The van der Waals surface area contributed by atoms with E-state index in [9.17, 15) is 0 Å². The molecule has 0 aliphatic heterocycles. The fourth-order valence-electron chi connectivity index (χ4n) is 1.38. The second-order valence-electron chi connectivity index (χ2n) is 3.47. The van der Waals surface area contributed by atoms with Crippen LogP contribution in [0.3, 0.4) is 0 Å². The van der Waals surface area contributed by atoms with Crippen LogP contribution in [-0.4, -0.2) is 4.98 Å². The third kappa shape index (κ3) is 2.31. The van der Waals surface area contributed by atoms with Crippen LogP contribution in [0.5, 0.6) is 0 Å². The second-order valence-corrected chi connectivity index (χ2v) is 4.28. The summed E-state index contributed by atoms with van der Waals surface area (Å²) in [5.41, 5.74) is 1.41. The topological polar surface area (TPSA) is 12.9 Å². The molecule has 0 amide bonds. The zero-order valence-corrected chi connectivity index (χ0v) is 8.55. The number of aryl methyl sites for hydroxylation is 1. The van der Waals surface area contributed by atoms with Crippen LogP contribution < -0.4 is 0 Å². The molecular formula is C10H12BrN. The Hall–Kier alpha value is -0.370. The zero-order valence-electron chi connectivity index (χ0n) is 6.96. The first-order valence-corrected chi connectivity index (χ1v) is 5.24. The normalized spacial score (nSPS) is 16.4. The minimum Gasteiger partial charge on any atom is -0.249 e. The number of nitrogens with zero attached hydrogens (tertiary/aromatic N) is 1. The summed E-state index contributed by atoms with van der Waals surface area (Å²) in [4.78, 5) is 4.10. The van der Waals surface area contributed by atoms with Gasteiger partial charge >= 0.3 is 0 Å². The van der Waals surface area contributed by atoms with Crippen LogP contribution >= 0.6 is 15.9 Å². The van der Waals surface area contributed by atoms with E-state index in [1.54, 1.807) is 0 Å². The Morgan fingerprint density at radius 2 is 2.33 bits per heavy atom. The Balaban J connectivity index is 1.92. The standard InChI is InChI=1S/C10H12BrN/c11-10-7-9(5-6-12-10)4-3-8-1-2-8/h5-8H,1-4H2. The van der Waals surface area contributed by atoms with Gasteiger partial charge in [-0.05, 0) is 52.4 Å². The molecule has 0 radical (unpaired) electrons. The average Bonchev–Trinajstić information content (AvgIpc) is 2.84. The molecule has 2 rings (SSSR count). The summed E-state index contributed by atoms with van der Waals surface area (Å²) in [5.74, 6) is 1.02. The minimum atomic E-state index is 0.954. The van der Waals surface area contributed by atoms with Crippen molar-refractivity contribution in [2.45, 2.75) is 25.7 Å². The van der Waals surface area contributed by atoms with Gasteiger partial charge in [-0.2, -0.15) is 0 Å². The van der Waals surface area contributed by atoms with E-state index in [1.165, 1.54) is 31.2 Å². The van der Waals surface area contributed by atoms with Crippen LogP contribution in [0.25, 0.3) is 0 Å². The molecular weight excluding hydrogens is 214 g/mol. The minimum absolute atomic E-state index is 0.954. The van der Waals surface area contributed by atoms with Crippen molar-refractivity contribution < 1.29 is 0 Å². The van der Waals surface area contributed by atoms with Gasteiger partial charge in [-0.25, -0.2) is 4.98 Å². The molecule has 1 fully saturated rings. The maximum atomic E-state index is 4.10. The summed E-state index contributed by atoms with van der Waals surface area (Å²) in [7, 11) is 0. The highest BCUT2D eigenvalue weighted by Gasteiger charge is 2.20. The van der Waals surface area contributed by atoms with Crippen molar-refractivity contribution in [3.05, 3.63) is 28.5 Å². The van der Waals surface area contributed by atoms with Crippen molar-refractivity contribution >= 4 is 15.9 Å². The van der Waals surface area contributed by atoms with E-state index < -0.39 is 0 Å². The van der Waals surface area contributed by atoms with E-state index >= 15 is 0 Å². The fourth-order valence-corrected chi connectivity index (χ4v) is 1.79. The highest BCUT2D eigenvalue weighted by Crippen LogP contribution is 2.33. The van der Waals surface area contributed by atoms with Crippen LogP contribution in [0, 0.1) is 5.92 Å². The first kappa shape index (κ1) is 8.24. The maximum absolute atomic E-state index is 4.10. The number of halogens is 1. The summed E-state index contributed by atoms with van der Waals surface area (Å²) >= 11 is 3.37. The van der Waals surface area contributed by atoms with Gasteiger partial charge in [0.2, 0.25) is 0 Å². The predicted molar refractivity (Wildman–Crippen MR) is 53.0 cm³/mol. The number of pyridine rings is 1. The van der Waals surface area contributed by atoms with Gasteiger partial charge in [-0.3, -0.25) is 0 Å². The van der Waals surface area contributed by atoms with E-state index in [0.29, 0.717) is 0 Å². The molecule has 1 heterocycles. The van der Waals surface area contributed by atoms with Crippen molar-refractivity contribution in [2.75, 3.05) is 0 Å². The largest absolute Gasteiger partial charge is 0.249 e. The first-order chi connectivity index (χ1) is 5.84. The molecule has 0 aromatic carbocycles. The third-order valence-electron chi connectivity index (χ3n) is 2.33. The summed E-state index contributed by atoms with van der Waals surface area (Å²) in [5, 5.41) is 0. The van der Waals surface area contributed by atoms with Crippen molar-refractivity contribution in [1.82, 2.24) is 4.98 Å². The summed E-state index contributed by atoms with van der Waals surface area (Å²) < 4.78 is 0.954. The van der Waals surface area contributed by atoms with Crippen molar-refractivity contribution in [1.29, 1.82) is 0 Å². The van der Waals surface area contributed by atoms with E-state index in [1.807, 2.05) is 6.20 Å². The lowest BCUT2D eigenvalue weighted by Crippen LogP contribution is -1.87. The molecule has 12 heavy (non-hydrogen) atoms. The lowest BCUT2D eigenvalue weighted by Gasteiger charge is -1.99. The summed E-state index contributed by atoms with van der Waals surface area (Å²) in [6, 6.07) is 4.22. The number of hydrogen-bond acceptors (Lipinski definition) is 1. The Morgan fingerprint density at radius 1 is 1.50 bits per heavy atom. The van der Waals surface area contributed by atoms with Gasteiger partial charge in [0.15, 0.2) is 0 Å². The molecule has 0 saturated heterocycles. The Labute approximate surface area is 81.3 Å². The molecule has 1 aliphatic rings. The molecule has 0 atom stereocenters. The summed E-state index contributed by atoms with van der Waals surface area (Å²) in [6.07, 6.45) is 7.34. The van der Waals surface area contributed by atoms with Crippen molar-refractivity contribution in [2.24, 2.45) is 5.92 Å². The average molecular weight is 226 g/mol. The van der Waals surface area contributed by atoms with Gasteiger partial charge in [0, 0.05) is 6.20 Å². The lowest BCUT2D eigenvalue weighted by molar-refractivity contribution is 0.725. The van der Waals surface area contributed by atoms with Crippen LogP contribution in [0.4, 0.5) is 0 Å². The Morgan fingerprint density at radius 3 is 3.00 bits per heavy atom. The van der Waals surface area contributed by atoms with Crippen LogP contribution in [0.15, 0.2) is 22.9 Å². The van der Waals surface area contributed by atoms with E-state index in [4.69, 9.17) is 0 Å². The second kappa shape index (κ2) is 3.56. The molecule has 0 bridgehead atoms. The van der Waals surface area contributed by atoms with Crippen LogP contribution in [0.2, 0.25) is 0 Å². The molecule has 2 heteroatoms. The monoisotopic (exact) mass is 225 g/mol. The number of hydrogen-bond donors (Lipinski definition) is 0. The van der Waals surface area contributed by atoms with Crippen LogP contribution in [0.1, 0.15) is 24.8 Å². The molecule has 0 spiro atoms. The SMILES string of the molecule is Brc1cc(CCC2CC2)ccn1. The molecule has 1 aliphatic carbocycles. The van der Waals surface area contributed by atoms with Crippen molar-refractivity contribution in [3.63, 3.8) is 0 Å². The van der Waals surface area contributed by atoms with Gasteiger partial charge in [-0.1, -0.05) is 12.8 Å². The van der Waals surface area contributed by atoms with Gasteiger partial charge < -0.3 is 0 Å². The van der Waals surface area contributed by atoms with E-state index in [2.05, 4.69) is 33.0 Å². The first-order valence-electron chi connectivity index (χ1n) is 4.45. The maximum Gasteiger partial charge on any atom is 0.106 e. The molecule has 64 valence electrons. The lowest BCUT2D eigenvalue weighted by atomic mass is 10.1. The number of rotatable bonds is 3. The molecule has 1 aromatic heterocycles. The highest BCUT2D eigenvalue weighted by molar-refractivity contribution is 9.10. The highest BCUT2D eigenvalue weighted by atomic mass is 79.9. The smallest absolute Gasteiger partial charge is 0.106 e. The van der Waals surface area contributed by atoms with Crippen molar-refractivity contribution in [3.8, 4) is 0 Å². The van der Waals surface area contributed by atoms with Crippen LogP contribution in [-0.2, 0) is 6.42 Å². The zero-order chi connectivity index (χ0) is 8.39. The summed E-state index contributed by atoms with van der Waals surface area (Å²) in [6.45, 7) is 0. The molecule has 1 saturated carbocycles. The molecule has 0 unspecified atom stereocenters. The predicted octanol–water partition coefficient (Wildman–Crippen LogP) is 3.19. The molecule has 1 aromatic rings. The third-order valence-corrected chi connectivity index (χ3v) is 2.76. The Kier molecular flexibility index (Phi) is 2.45. The molecule has 0 N–H and O–H groups in total.